The van der Waals surface area contributed by atoms with Gasteiger partial charge < -0.3 is 19.6 Å². The second-order valence-electron chi connectivity index (χ2n) is 5.39. The van der Waals surface area contributed by atoms with E-state index in [0.29, 0.717) is 16.5 Å². The maximum Gasteiger partial charge on any atom is 0.435 e. The number of esters is 1. The van der Waals surface area contributed by atoms with Crippen LogP contribution in [0.4, 0.5) is 4.79 Å². The predicted octanol–water partition coefficient (Wildman–Crippen LogP) is 3.26. The van der Waals surface area contributed by atoms with Gasteiger partial charge in [-0.3, -0.25) is 0 Å². The van der Waals surface area contributed by atoms with E-state index < -0.39 is 12.1 Å². The second kappa shape index (κ2) is 7.52. The van der Waals surface area contributed by atoms with Gasteiger partial charge in [0.25, 0.3) is 0 Å². The van der Waals surface area contributed by atoms with Crippen LogP contribution in [0.2, 0.25) is 0 Å². The molecule has 132 valence electrons. The number of amides is 1. The highest BCUT2D eigenvalue weighted by atomic mass is 16.5. The van der Waals surface area contributed by atoms with E-state index in [1.807, 2.05) is 30.3 Å². The summed E-state index contributed by atoms with van der Waals surface area (Å²) < 4.78 is 15.1. The largest absolute Gasteiger partial charge is 0.463 e. The van der Waals surface area contributed by atoms with Gasteiger partial charge in [-0.2, -0.15) is 4.99 Å². The SMILES string of the molecule is COC(=O)c1cc2cc(/C(N)=N/C(=O)OCc3ccccc3)ccc2o1. The minimum Gasteiger partial charge on any atom is -0.463 e. The summed E-state index contributed by atoms with van der Waals surface area (Å²) in [5.41, 5.74) is 7.73. The summed E-state index contributed by atoms with van der Waals surface area (Å²) in [6.07, 6.45) is -0.783. The topological polar surface area (TPSA) is 104 Å². The van der Waals surface area contributed by atoms with Gasteiger partial charge in [-0.15, -0.1) is 0 Å². The zero-order chi connectivity index (χ0) is 18.5. The number of benzene rings is 2. The summed E-state index contributed by atoms with van der Waals surface area (Å²) in [5, 5.41) is 0.638. The molecule has 0 fully saturated rings. The van der Waals surface area contributed by atoms with Gasteiger partial charge in [0.15, 0.2) is 0 Å². The average Bonchev–Trinajstić information content (AvgIpc) is 3.09. The number of ether oxygens (including phenoxy) is 2. The molecule has 0 aliphatic rings. The number of fused-ring (bicyclic) bond motifs is 1. The molecule has 0 bridgehead atoms. The highest BCUT2D eigenvalue weighted by Crippen LogP contribution is 2.21. The first-order valence-electron chi connectivity index (χ1n) is 7.74. The fourth-order valence-electron chi connectivity index (χ4n) is 2.32. The van der Waals surface area contributed by atoms with E-state index in [9.17, 15) is 9.59 Å². The molecule has 1 heterocycles. The number of hydrogen-bond acceptors (Lipinski definition) is 5. The van der Waals surface area contributed by atoms with E-state index in [0.717, 1.165) is 5.56 Å². The molecule has 2 N–H and O–H groups in total. The minimum absolute atomic E-state index is 0.00535. The lowest BCUT2D eigenvalue weighted by atomic mass is 10.1. The Balaban J connectivity index is 1.73. The molecule has 7 heteroatoms. The van der Waals surface area contributed by atoms with Crippen LogP contribution < -0.4 is 5.73 Å². The Bertz CT molecular complexity index is 976. The normalized spacial score (nSPS) is 11.3. The molecule has 3 rings (SSSR count). The molecule has 0 aliphatic heterocycles. The van der Waals surface area contributed by atoms with E-state index in [-0.39, 0.29) is 18.2 Å². The Morgan fingerprint density at radius 2 is 1.88 bits per heavy atom. The third kappa shape index (κ3) is 3.89. The molecule has 1 aromatic heterocycles. The number of rotatable bonds is 4. The van der Waals surface area contributed by atoms with Crippen molar-refractivity contribution in [1.29, 1.82) is 0 Å². The molecule has 2 aromatic carbocycles. The molecule has 26 heavy (non-hydrogen) atoms. The van der Waals surface area contributed by atoms with Crippen molar-refractivity contribution >= 4 is 28.9 Å². The third-order valence-electron chi connectivity index (χ3n) is 3.62. The molecule has 0 saturated carbocycles. The molecule has 3 aromatic rings. The summed E-state index contributed by atoms with van der Waals surface area (Å²) in [5.74, 6) is -0.489. The van der Waals surface area contributed by atoms with Gasteiger partial charge in [0.05, 0.1) is 7.11 Å². The summed E-state index contributed by atoms with van der Waals surface area (Å²) in [7, 11) is 1.27. The Labute approximate surface area is 149 Å². The third-order valence-corrected chi connectivity index (χ3v) is 3.62. The molecular formula is C19H16N2O5. The van der Waals surface area contributed by atoms with Crippen LogP contribution in [0.15, 0.2) is 64.0 Å². The summed E-state index contributed by atoms with van der Waals surface area (Å²) in [4.78, 5) is 27.1. The van der Waals surface area contributed by atoms with Crippen molar-refractivity contribution in [3.05, 3.63) is 71.5 Å². The smallest absolute Gasteiger partial charge is 0.435 e. The Morgan fingerprint density at radius 1 is 1.12 bits per heavy atom. The minimum atomic E-state index is -0.783. The Hall–Kier alpha value is -3.61. The molecule has 0 aliphatic carbocycles. The van der Waals surface area contributed by atoms with Crippen LogP contribution in [0.3, 0.4) is 0 Å². The van der Waals surface area contributed by atoms with Gasteiger partial charge in [0.2, 0.25) is 5.76 Å². The highest BCUT2D eigenvalue weighted by molar-refractivity contribution is 6.05. The molecule has 0 saturated heterocycles. The number of amidine groups is 1. The monoisotopic (exact) mass is 352 g/mol. The van der Waals surface area contributed by atoms with Crippen molar-refractivity contribution in [2.45, 2.75) is 6.61 Å². The van der Waals surface area contributed by atoms with Crippen molar-refractivity contribution in [1.82, 2.24) is 0 Å². The summed E-state index contributed by atoms with van der Waals surface area (Å²) in [6, 6.07) is 15.7. The molecule has 0 unspecified atom stereocenters. The van der Waals surface area contributed by atoms with Gasteiger partial charge in [-0.1, -0.05) is 30.3 Å². The highest BCUT2D eigenvalue weighted by Gasteiger charge is 2.13. The molecular weight excluding hydrogens is 336 g/mol. The number of carbonyl (C=O) groups excluding carboxylic acids is 2. The summed E-state index contributed by atoms with van der Waals surface area (Å²) >= 11 is 0. The number of carbonyl (C=O) groups is 2. The van der Waals surface area contributed by atoms with Crippen molar-refractivity contribution in [3.8, 4) is 0 Å². The van der Waals surface area contributed by atoms with Crippen molar-refractivity contribution < 1.29 is 23.5 Å². The van der Waals surface area contributed by atoms with Gasteiger partial charge in [0, 0.05) is 10.9 Å². The van der Waals surface area contributed by atoms with E-state index in [2.05, 4.69) is 9.73 Å². The number of aliphatic imine (C=N–C) groups is 1. The zero-order valence-electron chi connectivity index (χ0n) is 14.0. The molecule has 0 spiro atoms. The van der Waals surface area contributed by atoms with Gasteiger partial charge in [0.1, 0.15) is 18.0 Å². The number of nitrogens with two attached hydrogens (primary N) is 1. The van der Waals surface area contributed by atoms with Crippen LogP contribution in [0.5, 0.6) is 0 Å². The summed E-state index contributed by atoms with van der Waals surface area (Å²) in [6.45, 7) is 0.111. The average molecular weight is 352 g/mol. The fraction of sp³-hybridized carbons (Fsp3) is 0.105. The quantitative estimate of drug-likeness (QED) is 0.439. The van der Waals surface area contributed by atoms with Crippen LogP contribution in [0.25, 0.3) is 11.0 Å². The number of methoxy groups -OCH3 is 1. The van der Waals surface area contributed by atoms with E-state index in [4.69, 9.17) is 14.9 Å². The standard InChI is InChI=1S/C19H16N2O5/c1-24-18(22)16-10-14-9-13(7-8-15(14)26-16)17(20)21-19(23)25-11-12-5-3-2-4-6-12/h2-10H,11H2,1H3,(H2,20,21,23). The van der Waals surface area contributed by atoms with Gasteiger partial charge >= 0.3 is 12.1 Å². The first-order valence-corrected chi connectivity index (χ1v) is 7.74. The van der Waals surface area contributed by atoms with Crippen LogP contribution in [-0.2, 0) is 16.1 Å². The lowest BCUT2D eigenvalue weighted by Gasteiger charge is -2.03. The fourth-order valence-corrected chi connectivity index (χ4v) is 2.32. The lowest BCUT2D eigenvalue weighted by molar-refractivity contribution is 0.0567. The van der Waals surface area contributed by atoms with Crippen molar-refractivity contribution in [2.75, 3.05) is 7.11 Å². The van der Waals surface area contributed by atoms with Crippen LogP contribution in [0.1, 0.15) is 21.7 Å². The second-order valence-corrected chi connectivity index (χ2v) is 5.39. The first-order chi connectivity index (χ1) is 12.6. The van der Waals surface area contributed by atoms with Crippen molar-refractivity contribution in [2.24, 2.45) is 10.7 Å². The van der Waals surface area contributed by atoms with E-state index in [1.54, 1.807) is 18.2 Å². The van der Waals surface area contributed by atoms with Crippen LogP contribution in [-0.4, -0.2) is 25.0 Å². The maximum absolute atomic E-state index is 11.8. The Kier molecular flexibility index (Phi) is 4.98. The predicted molar refractivity (Wildman–Crippen MR) is 94.9 cm³/mol. The Morgan fingerprint density at radius 3 is 2.62 bits per heavy atom. The number of nitrogens with zero attached hydrogens (tertiary/aromatic N) is 1. The van der Waals surface area contributed by atoms with E-state index >= 15 is 0 Å². The zero-order valence-corrected chi connectivity index (χ0v) is 14.0. The molecule has 7 nitrogen and oxygen atoms in total. The maximum atomic E-state index is 11.8. The number of hydrogen-bond donors (Lipinski definition) is 1. The van der Waals surface area contributed by atoms with E-state index in [1.165, 1.54) is 13.2 Å². The van der Waals surface area contributed by atoms with Gasteiger partial charge in [-0.05, 0) is 29.8 Å². The van der Waals surface area contributed by atoms with Crippen LogP contribution >= 0.6 is 0 Å². The first kappa shape index (κ1) is 17.2. The number of furan rings is 1. The molecule has 0 radical (unpaired) electrons. The lowest BCUT2D eigenvalue weighted by Crippen LogP contribution is -2.16. The van der Waals surface area contributed by atoms with Crippen LogP contribution in [0, 0.1) is 0 Å². The molecule has 0 atom stereocenters. The van der Waals surface area contributed by atoms with Crippen molar-refractivity contribution in [3.63, 3.8) is 0 Å². The molecule has 1 amide bonds. The van der Waals surface area contributed by atoms with Gasteiger partial charge in [-0.25, -0.2) is 9.59 Å².